The predicted octanol–water partition coefficient (Wildman–Crippen LogP) is 2.41. The van der Waals surface area contributed by atoms with Gasteiger partial charge in [0.05, 0.1) is 17.6 Å². The Kier molecular flexibility index (Phi) is 4.12. The van der Waals surface area contributed by atoms with Gasteiger partial charge in [0.15, 0.2) is 6.54 Å². The molecule has 1 rings (SSSR count). The molecule has 18 heavy (non-hydrogen) atoms. The SMILES string of the molecule is CC(C)(C)N(C(=O)O)c1ccc(CN=[N+]=N)nc1. The summed E-state index contributed by atoms with van der Waals surface area (Å²) in [6.07, 6.45) is 0.455. The molecule has 0 spiro atoms. The summed E-state index contributed by atoms with van der Waals surface area (Å²) in [5.41, 5.74) is 7.13. The lowest BCUT2D eigenvalue weighted by atomic mass is 10.1. The largest absolute Gasteiger partial charge is 0.465 e. The number of carboxylic acid groups (broad SMARTS) is 1. The molecule has 0 unspecified atom stereocenters. The van der Waals surface area contributed by atoms with Crippen LogP contribution in [0, 0.1) is 5.53 Å². The summed E-state index contributed by atoms with van der Waals surface area (Å²) in [5.74, 6) is 0. The van der Waals surface area contributed by atoms with Crippen LogP contribution in [0.25, 0.3) is 0 Å². The molecule has 7 heteroatoms. The number of rotatable bonds is 3. The van der Waals surface area contributed by atoms with Gasteiger partial charge in [0.1, 0.15) is 10.6 Å². The molecule has 0 saturated heterocycles. The van der Waals surface area contributed by atoms with Gasteiger partial charge in [-0.25, -0.2) is 4.79 Å². The molecule has 1 heterocycles. The fourth-order valence-electron chi connectivity index (χ4n) is 1.53. The molecule has 0 aromatic carbocycles. The highest BCUT2D eigenvalue weighted by Crippen LogP contribution is 2.23. The summed E-state index contributed by atoms with van der Waals surface area (Å²) in [6.45, 7) is 5.64. The van der Waals surface area contributed by atoms with Crippen molar-refractivity contribution in [2.24, 2.45) is 5.11 Å². The van der Waals surface area contributed by atoms with Gasteiger partial charge in [0, 0.05) is 5.54 Å². The fraction of sp³-hybridized carbons (Fsp3) is 0.455. The number of hydrogen-bond acceptors (Lipinski definition) is 4. The summed E-state index contributed by atoms with van der Waals surface area (Å²) in [7, 11) is 0. The van der Waals surface area contributed by atoms with Gasteiger partial charge < -0.3 is 5.11 Å². The minimum absolute atomic E-state index is 0.215. The van der Waals surface area contributed by atoms with Crippen LogP contribution in [0.15, 0.2) is 23.4 Å². The molecule has 96 valence electrons. The minimum Gasteiger partial charge on any atom is -0.465 e. The molecule has 7 nitrogen and oxygen atoms in total. The minimum atomic E-state index is -1.03. The Morgan fingerprint density at radius 2 is 2.22 bits per heavy atom. The van der Waals surface area contributed by atoms with Crippen molar-refractivity contribution in [3.8, 4) is 0 Å². The number of pyridine rings is 1. The number of amides is 1. The van der Waals surface area contributed by atoms with Crippen LogP contribution in [0.1, 0.15) is 26.5 Å². The molecule has 0 saturated carbocycles. The van der Waals surface area contributed by atoms with E-state index < -0.39 is 11.6 Å². The maximum Gasteiger partial charge on any atom is 0.412 e. The third-order valence-electron chi connectivity index (χ3n) is 2.23. The quantitative estimate of drug-likeness (QED) is 0.635. The second-order valence-corrected chi connectivity index (χ2v) is 4.70. The molecule has 0 aliphatic heterocycles. The maximum atomic E-state index is 11.2. The van der Waals surface area contributed by atoms with Gasteiger partial charge in [0.25, 0.3) is 0 Å². The van der Waals surface area contributed by atoms with Crippen LogP contribution < -0.4 is 9.81 Å². The first kappa shape index (κ1) is 13.8. The van der Waals surface area contributed by atoms with Crippen molar-refractivity contribution < 1.29 is 9.90 Å². The Morgan fingerprint density at radius 3 is 2.61 bits per heavy atom. The molecular weight excluding hydrogens is 234 g/mol. The monoisotopic (exact) mass is 250 g/mol. The Balaban J connectivity index is 3.01. The summed E-state index contributed by atoms with van der Waals surface area (Å²) >= 11 is 0. The van der Waals surface area contributed by atoms with E-state index in [9.17, 15) is 9.90 Å². The lowest BCUT2D eigenvalue weighted by molar-refractivity contribution is 0.195. The number of anilines is 1. The molecule has 0 radical (unpaired) electrons. The van der Waals surface area contributed by atoms with Crippen LogP contribution in [0.5, 0.6) is 0 Å². The lowest BCUT2D eigenvalue weighted by Crippen LogP contribution is -2.45. The van der Waals surface area contributed by atoms with Gasteiger partial charge in [0.2, 0.25) is 4.91 Å². The van der Waals surface area contributed by atoms with Crippen molar-refractivity contribution >= 4 is 11.8 Å². The van der Waals surface area contributed by atoms with E-state index in [4.69, 9.17) is 5.53 Å². The van der Waals surface area contributed by atoms with Crippen molar-refractivity contribution in [3.63, 3.8) is 0 Å². The van der Waals surface area contributed by atoms with E-state index in [1.165, 1.54) is 11.1 Å². The van der Waals surface area contributed by atoms with Crippen molar-refractivity contribution in [2.45, 2.75) is 32.9 Å². The first-order chi connectivity index (χ1) is 8.36. The molecule has 0 aliphatic carbocycles. The Bertz CT molecular complexity index is 471. The molecular formula is C11H16N5O2+. The van der Waals surface area contributed by atoms with Crippen LogP contribution in [-0.4, -0.2) is 21.7 Å². The maximum absolute atomic E-state index is 11.2. The predicted molar refractivity (Wildman–Crippen MR) is 65.5 cm³/mol. The number of hydrogen-bond donors (Lipinski definition) is 2. The van der Waals surface area contributed by atoms with Crippen LogP contribution in [0.4, 0.5) is 10.5 Å². The van der Waals surface area contributed by atoms with E-state index in [0.29, 0.717) is 11.4 Å². The zero-order valence-corrected chi connectivity index (χ0v) is 10.6. The van der Waals surface area contributed by atoms with Gasteiger partial charge in [-0.05, 0) is 32.9 Å². The van der Waals surface area contributed by atoms with Gasteiger partial charge in [-0.2, -0.15) is 0 Å². The molecule has 2 N–H and O–H groups in total. The number of nitrogens with one attached hydrogen (secondary N) is 1. The smallest absolute Gasteiger partial charge is 0.412 e. The van der Waals surface area contributed by atoms with Gasteiger partial charge in [-0.3, -0.25) is 9.88 Å². The summed E-state index contributed by atoms with van der Waals surface area (Å²) in [5, 5.41) is 12.7. The van der Waals surface area contributed by atoms with E-state index in [0.717, 1.165) is 0 Å². The first-order valence-electron chi connectivity index (χ1n) is 5.37. The number of nitrogens with zero attached hydrogens (tertiary/aromatic N) is 4. The van der Waals surface area contributed by atoms with Crippen molar-refractivity contribution in [1.82, 2.24) is 9.90 Å². The molecule has 1 aromatic heterocycles. The topological polar surface area (TPSA) is 104 Å². The summed E-state index contributed by atoms with van der Waals surface area (Å²) in [4.78, 5) is 19.5. The summed E-state index contributed by atoms with van der Waals surface area (Å²) < 4.78 is 0. The van der Waals surface area contributed by atoms with E-state index in [-0.39, 0.29) is 6.54 Å². The molecule has 1 amide bonds. The van der Waals surface area contributed by atoms with Crippen LogP contribution >= 0.6 is 0 Å². The highest BCUT2D eigenvalue weighted by atomic mass is 16.4. The Morgan fingerprint density at radius 1 is 1.56 bits per heavy atom. The number of carbonyl (C=O) groups is 1. The molecule has 0 bridgehead atoms. The second-order valence-electron chi connectivity index (χ2n) is 4.70. The van der Waals surface area contributed by atoms with Gasteiger partial charge >= 0.3 is 6.09 Å². The highest BCUT2D eigenvalue weighted by molar-refractivity contribution is 5.87. The van der Waals surface area contributed by atoms with Crippen LogP contribution in [0.3, 0.4) is 0 Å². The number of aromatic nitrogens is 1. The van der Waals surface area contributed by atoms with E-state index >= 15 is 0 Å². The van der Waals surface area contributed by atoms with E-state index in [1.54, 1.807) is 12.1 Å². The Labute approximate surface area is 105 Å². The molecule has 0 aliphatic rings. The zero-order chi connectivity index (χ0) is 13.8. The zero-order valence-electron chi connectivity index (χ0n) is 10.6. The molecule has 1 aromatic rings. The normalized spacial score (nSPS) is 10.6. The third-order valence-corrected chi connectivity index (χ3v) is 2.23. The van der Waals surface area contributed by atoms with Crippen molar-refractivity contribution in [1.29, 1.82) is 5.53 Å². The van der Waals surface area contributed by atoms with E-state index in [1.807, 2.05) is 20.8 Å². The van der Waals surface area contributed by atoms with E-state index in [2.05, 4.69) is 15.0 Å². The van der Waals surface area contributed by atoms with Crippen molar-refractivity contribution in [3.05, 3.63) is 24.0 Å². The van der Waals surface area contributed by atoms with Crippen molar-refractivity contribution in [2.75, 3.05) is 4.90 Å². The average molecular weight is 250 g/mol. The Hall–Kier alpha value is -2.27. The highest BCUT2D eigenvalue weighted by Gasteiger charge is 2.27. The van der Waals surface area contributed by atoms with Gasteiger partial charge in [-0.1, -0.05) is 0 Å². The molecule has 0 fully saturated rings. The average Bonchev–Trinajstić information content (AvgIpc) is 2.25. The standard InChI is InChI=1S/C11H15N5O2/c1-11(2,3)16(10(17)18)9-5-4-8(13-7-9)6-14-15-12/h4-5,7,12H,6H2,1-3H3/p+1. The molecule has 0 atom stereocenters. The summed E-state index contributed by atoms with van der Waals surface area (Å²) in [6, 6.07) is 3.34. The second kappa shape index (κ2) is 5.37. The lowest BCUT2D eigenvalue weighted by Gasteiger charge is -2.32. The van der Waals surface area contributed by atoms with Crippen LogP contribution in [-0.2, 0) is 6.54 Å². The third kappa shape index (κ3) is 3.36. The first-order valence-corrected chi connectivity index (χ1v) is 5.37. The van der Waals surface area contributed by atoms with Crippen LogP contribution in [0.2, 0.25) is 0 Å². The fourth-order valence-corrected chi connectivity index (χ4v) is 1.53. The van der Waals surface area contributed by atoms with Gasteiger partial charge in [-0.15, -0.1) is 0 Å².